The van der Waals surface area contributed by atoms with E-state index in [0.717, 1.165) is 11.7 Å². The van der Waals surface area contributed by atoms with Gasteiger partial charge in [0.2, 0.25) is 0 Å². The number of hydrogen-bond acceptors (Lipinski definition) is 2. The van der Waals surface area contributed by atoms with Crippen LogP contribution in [-0.2, 0) is 0 Å². The largest absolute Gasteiger partial charge is 0.497 e. The molecule has 1 saturated carbocycles. The van der Waals surface area contributed by atoms with Gasteiger partial charge in [-0.3, -0.25) is 0 Å². The highest BCUT2D eigenvalue weighted by atomic mass is 16.5. The van der Waals surface area contributed by atoms with Crippen LogP contribution in [0.15, 0.2) is 24.3 Å². The Kier molecular flexibility index (Phi) is 5.90. The van der Waals surface area contributed by atoms with E-state index >= 15 is 0 Å². The van der Waals surface area contributed by atoms with Crippen molar-refractivity contribution in [2.45, 2.75) is 64.5 Å². The molecule has 0 amide bonds. The molecule has 2 nitrogen and oxygen atoms in total. The first-order valence-electron chi connectivity index (χ1n) is 8.14. The summed E-state index contributed by atoms with van der Waals surface area (Å²) in [4.78, 5) is 0. The smallest absolute Gasteiger partial charge is 0.118 e. The Bertz CT molecular complexity index is 383. The molecule has 1 aromatic carbocycles. The van der Waals surface area contributed by atoms with Crippen molar-refractivity contribution in [1.29, 1.82) is 0 Å². The SMILES string of the molecule is CCCCCC(C)NC(c1ccc(OC)cc1)C1CC1. The normalized spacial score (nSPS) is 17.8. The van der Waals surface area contributed by atoms with Crippen molar-refractivity contribution in [2.75, 3.05) is 7.11 Å². The first-order valence-corrected chi connectivity index (χ1v) is 8.14. The van der Waals surface area contributed by atoms with Crippen LogP contribution in [0.25, 0.3) is 0 Å². The number of hydrogen-bond donors (Lipinski definition) is 1. The van der Waals surface area contributed by atoms with E-state index in [1.807, 2.05) is 0 Å². The molecule has 1 fully saturated rings. The van der Waals surface area contributed by atoms with Crippen molar-refractivity contribution in [1.82, 2.24) is 5.32 Å². The highest BCUT2D eigenvalue weighted by Gasteiger charge is 2.32. The first kappa shape index (κ1) is 15.4. The Hall–Kier alpha value is -1.02. The van der Waals surface area contributed by atoms with Crippen LogP contribution in [0.3, 0.4) is 0 Å². The fourth-order valence-corrected chi connectivity index (χ4v) is 2.84. The van der Waals surface area contributed by atoms with Crippen molar-refractivity contribution >= 4 is 0 Å². The number of benzene rings is 1. The van der Waals surface area contributed by atoms with E-state index in [-0.39, 0.29) is 0 Å². The highest BCUT2D eigenvalue weighted by molar-refractivity contribution is 5.30. The van der Waals surface area contributed by atoms with Crippen LogP contribution in [0.2, 0.25) is 0 Å². The second-order valence-corrected chi connectivity index (χ2v) is 6.15. The standard InChI is InChI=1S/C18H29NO/c1-4-5-6-7-14(2)19-18(15-8-9-15)16-10-12-17(20-3)13-11-16/h10-15,18-19H,4-9H2,1-3H3. The summed E-state index contributed by atoms with van der Waals surface area (Å²) in [6, 6.07) is 9.72. The molecule has 20 heavy (non-hydrogen) atoms. The lowest BCUT2D eigenvalue weighted by Crippen LogP contribution is -2.31. The van der Waals surface area contributed by atoms with Gasteiger partial charge in [-0.25, -0.2) is 0 Å². The van der Waals surface area contributed by atoms with Crippen molar-refractivity contribution < 1.29 is 4.74 Å². The molecule has 1 aliphatic rings. The number of rotatable bonds is 9. The molecule has 2 atom stereocenters. The first-order chi connectivity index (χ1) is 9.74. The van der Waals surface area contributed by atoms with E-state index in [9.17, 15) is 0 Å². The van der Waals surface area contributed by atoms with Gasteiger partial charge in [-0.1, -0.05) is 38.3 Å². The summed E-state index contributed by atoms with van der Waals surface area (Å²) < 4.78 is 5.25. The summed E-state index contributed by atoms with van der Waals surface area (Å²) in [5.74, 6) is 1.77. The maximum atomic E-state index is 5.25. The van der Waals surface area contributed by atoms with E-state index in [2.05, 4.69) is 43.4 Å². The van der Waals surface area contributed by atoms with E-state index < -0.39 is 0 Å². The quantitative estimate of drug-likeness (QED) is 0.659. The number of methoxy groups -OCH3 is 1. The fourth-order valence-electron chi connectivity index (χ4n) is 2.84. The molecule has 0 heterocycles. The van der Waals surface area contributed by atoms with Crippen molar-refractivity contribution in [3.8, 4) is 5.75 Å². The maximum absolute atomic E-state index is 5.25. The predicted molar refractivity (Wildman–Crippen MR) is 85.2 cm³/mol. The molecule has 2 unspecified atom stereocenters. The third-order valence-electron chi connectivity index (χ3n) is 4.27. The average Bonchev–Trinajstić information content (AvgIpc) is 3.30. The topological polar surface area (TPSA) is 21.3 Å². The van der Waals surface area contributed by atoms with Gasteiger partial charge in [0, 0.05) is 12.1 Å². The lowest BCUT2D eigenvalue weighted by molar-refractivity contribution is 0.392. The van der Waals surface area contributed by atoms with E-state index in [0.29, 0.717) is 12.1 Å². The van der Waals surface area contributed by atoms with Crippen molar-refractivity contribution in [2.24, 2.45) is 5.92 Å². The Balaban J connectivity index is 1.92. The fraction of sp³-hybridized carbons (Fsp3) is 0.667. The third-order valence-corrected chi connectivity index (χ3v) is 4.27. The molecule has 0 radical (unpaired) electrons. The average molecular weight is 275 g/mol. The van der Waals surface area contributed by atoms with Crippen molar-refractivity contribution in [3.63, 3.8) is 0 Å². The molecular weight excluding hydrogens is 246 g/mol. The monoisotopic (exact) mass is 275 g/mol. The number of nitrogens with one attached hydrogen (secondary N) is 1. The van der Waals surface area contributed by atoms with Crippen LogP contribution in [0.4, 0.5) is 0 Å². The molecule has 0 aliphatic heterocycles. The zero-order valence-electron chi connectivity index (χ0n) is 13.2. The zero-order chi connectivity index (χ0) is 14.4. The molecule has 112 valence electrons. The summed E-state index contributed by atoms with van der Waals surface area (Å²) in [5.41, 5.74) is 1.41. The lowest BCUT2D eigenvalue weighted by atomic mass is 10.00. The third kappa shape index (κ3) is 4.52. The summed E-state index contributed by atoms with van der Waals surface area (Å²) in [5, 5.41) is 3.85. The van der Waals surface area contributed by atoms with Gasteiger partial charge in [0.05, 0.1) is 7.11 Å². The Morgan fingerprint density at radius 2 is 1.90 bits per heavy atom. The van der Waals surface area contributed by atoms with Gasteiger partial charge in [-0.15, -0.1) is 0 Å². The van der Waals surface area contributed by atoms with Gasteiger partial charge in [0.15, 0.2) is 0 Å². The number of ether oxygens (including phenoxy) is 1. The van der Waals surface area contributed by atoms with Crippen LogP contribution in [-0.4, -0.2) is 13.2 Å². The van der Waals surface area contributed by atoms with Crippen LogP contribution in [0.1, 0.15) is 64.0 Å². The van der Waals surface area contributed by atoms with Crippen LogP contribution >= 0.6 is 0 Å². The highest BCUT2D eigenvalue weighted by Crippen LogP contribution is 2.41. The molecular formula is C18H29NO. The Morgan fingerprint density at radius 3 is 2.45 bits per heavy atom. The molecule has 0 bridgehead atoms. The molecule has 1 aliphatic carbocycles. The van der Waals surface area contributed by atoms with Gasteiger partial charge in [-0.2, -0.15) is 0 Å². The van der Waals surface area contributed by atoms with Crippen LogP contribution in [0.5, 0.6) is 5.75 Å². The van der Waals surface area contributed by atoms with Crippen LogP contribution in [0, 0.1) is 5.92 Å². The summed E-state index contributed by atoms with van der Waals surface area (Å²) in [7, 11) is 1.72. The predicted octanol–water partition coefficient (Wildman–Crippen LogP) is 4.70. The second kappa shape index (κ2) is 7.68. The minimum Gasteiger partial charge on any atom is -0.497 e. The molecule has 0 saturated heterocycles. The van der Waals surface area contributed by atoms with Gasteiger partial charge in [0.25, 0.3) is 0 Å². The van der Waals surface area contributed by atoms with Gasteiger partial charge < -0.3 is 10.1 Å². The molecule has 0 aromatic heterocycles. The molecule has 0 spiro atoms. The zero-order valence-corrected chi connectivity index (χ0v) is 13.2. The summed E-state index contributed by atoms with van der Waals surface area (Å²) in [6.45, 7) is 4.59. The summed E-state index contributed by atoms with van der Waals surface area (Å²) >= 11 is 0. The van der Waals surface area contributed by atoms with E-state index in [4.69, 9.17) is 4.74 Å². The molecule has 2 heteroatoms. The summed E-state index contributed by atoms with van der Waals surface area (Å²) in [6.07, 6.45) is 8.01. The maximum Gasteiger partial charge on any atom is 0.118 e. The molecule has 2 rings (SSSR count). The molecule has 1 N–H and O–H groups in total. The second-order valence-electron chi connectivity index (χ2n) is 6.15. The number of unbranched alkanes of at least 4 members (excludes halogenated alkanes) is 2. The minimum absolute atomic E-state index is 0.525. The lowest BCUT2D eigenvalue weighted by Gasteiger charge is -2.24. The van der Waals surface area contributed by atoms with Gasteiger partial charge in [-0.05, 0) is 49.8 Å². The van der Waals surface area contributed by atoms with Crippen molar-refractivity contribution in [3.05, 3.63) is 29.8 Å². The van der Waals surface area contributed by atoms with Gasteiger partial charge in [0.1, 0.15) is 5.75 Å². The van der Waals surface area contributed by atoms with Gasteiger partial charge >= 0.3 is 0 Å². The minimum atomic E-state index is 0.525. The van der Waals surface area contributed by atoms with E-state index in [1.165, 1.54) is 44.1 Å². The van der Waals surface area contributed by atoms with E-state index in [1.54, 1.807) is 7.11 Å². The Morgan fingerprint density at radius 1 is 1.20 bits per heavy atom. The molecule has 1 aromatic rings. The Labute approximate surface area is 123 Å². The van der Waals surface area contributed by atoms with Crippen LogP contribution < -0.4 is 10.1 Å².